The number of aliphatic carboxylic acids is 1. The third kappa shape index (κ3) is 4.42. The van der Waals surface area contributed by atoms with E-state index in [0.29, 0.717) is 17.9 Å². The molecule has 1 aliphatic rings. The van der Waals surface area contributed by atoms with Crippen molar-refractivity contribution in [1.82, 2.24) is 15.3 Å². The van der Waals surface area contributed by atoms with Crippen LogP contribution in [0.3, 0.4) is 0 Å². The molecule has 1 heterocycles. The summed E-state index contributed by atoms with van der Waals surface area (Å²) in [5, 5.41) is 11.5. The number of hydrogen-bond donors (Lipinski definition) is 2. The van der Waals surface area contributed by atoms with Gasteiger partial charge in [0.2, 0.25) is 0 Å². The molecule has 0 aliphatic carbocycles. The maximum Gasteiger partial charge on any atom is 0.326 e. The monoisotopic (exact) mass is 293 g/mol. The molecule has 0 aromatic heterocycles. The van der Waals surface area contributed by atoms with Gasteiger partial charge in [0.25, 0.3) is 0 Å². The SMILES string of the molecule is CCOc1cccc(C(NN2CCN(C)CC2)C(=O)O)c1. The van der Waals surface area contributed by atoms with E-state index >= 15 is 0 Å². The molecular formula is C15H23N3O3. The minimum absolute atomic E-state index is 0.563. The summed E-state index contributed by atoms with van der Waals surface area (Å²) in [4.78, 5) is 13.8. The molecule has 0 amide bonds. The van der Waals surface area contributed by atoms with E-state index in [1.807, 2.05) is 30.1 Å². The Morgan fingerprint density at radius 3 is 2.71 bits per heavy atom. The van der Waals surface area contributed by atoms with E-state index in [2.05, 4.69) is 17.4 Å². The van der Waals surface area contributed by atoms with Crippen LogP contribution >= 0.6 is 0 Å². The van der Waals surface area contributed by atoms with E-state index < -0.39 is 12.0 Å². The van der Waals surface area contributed by atoms with Gasteiger partial charge in [0.05, 0.1) is 6.61 Å². The quantitative estimate of drug-likeness (QED) is 0.814. The van der Waals surface area contributed by atoms with Crippen LogP contribution in [-0.4, -0.2) is 60.8 Å². The number of likely N-dealkylation sites (N-methyl/N-ethyl adjacent to an activating group) is 1. The summed E-state index contributed by atoms with van der Waals surface area (Å²) in [5.41, 5.74) is 3.81. The fraction of sp³-hybridized carbons (Fsp3) is 0.533. The molecule has 0 saturated carbocycles. The summed E-state index contributed by atoms with van der Waals surface area (Å²) in [7, 11) is 2.07. The first-order chi connectivity index (χ1) is 10.1. The van der Waals surface area contributed by atoms with Gasteiger partial charge in [-0.15, -0.1) is 0 Å². The zero-order valence-corrected chi connectivity index (χ0v) is 12.6. The topological polar surface area (TPSA) is 65.0 Å². The van der Waals surface area contributed by atoms with Gasteiger partial charge in [-0.2, -0.15) is 0 Å². The van der Waals surface area contributed by atoms with E-state index in [1.54, 1.807) is 6.07 Å². The largest absolute Gasteiger partial charge is 0.494 e. The highest BCUT2D eigenvalue weighted by atomic mass is 16.5. The molecule has 116 valence electrons. The van der Waals surface area contributed by atoms with Crippen molar-refractivity contribution in [3.8, 4) is 5.75 Å². The Morgan fingerprint density at radius 1 is 1.38 bits per heavy atom. The van der Waals surface area contributed by atoms with Crippen LogP contribution in [0.4, 0.5) is 0 Å². The molecule has 6 nitrogen and oxygen atoms in total. The zero-order valence-electron chi connectivity index (χ0n) is 12.6. The molecule has 6 heteroatoms. The lowest BCUT2D eigenvalue weighted by Gasteiger charge is -2.34. The number of piperazine rings is 1. The van der Waals surface area contributed by atoms with Crippen molar-refractivity contribution >= 4 is 5.97 Å². The van der Waals surface area contributed by atoms with Crippen molar-refractivity contribution in [1.29, 1.82) is 0 Å². The molecule has 1 unspecified atom stereocenters. The van der Waals surface area contributed by atoms with E-state index in [1.165, 1.54) is 0 Å². The third-order valence-electron chi connectivity index (χ3n) is 3.56. The predicted octanol–water partition coefficient (Wildman–Crippen LogP) is 0.963. The summed E-state index contributed by atoms with van der Waals surface area (Å²) < 4.78 is 5.44. The number of carboxylic acid groups (broad SMARTS) is 1. The van der Waals surface area contributed by atoms with Gasteiger partial charge in [-0.05, 0) is 31.7 Å². The van der Waals surface area contributed by atoms with Crippen LogP contribution in [0.15, 0.2) is 24.3 Å². The first-order valence-electron chi connectivity index (χ1n) is 7.25. The molecule has 1 fully saturated rings. The third-order valence-corrected chi connectivity index (χ3v) is 3.56. The lowest BCUT2D eigenvalue weighted by Crippen LogP contribution is -2.52. The average molecular weight is 293 g/mol. The number of nitrogens with one attached hydrogen (secondary N) is 1. The van der Waals surface area contributed by atoms with E-state index in [4.69, 9.17) is 4.74 Å². The average Bonchev–Trinajstić information content (AvgIpc) is 2.47. The minimum Gasteiger partial charge on any atom is -0.494 e. The molecule has 1 aromatic rings. The predicted molar refractivity (Wildman–Crippen MR) is 80.2 cm³/mol. The second-order valence-electron chi connectivity index (χ2n) is 5.20. The molecule has 0 bridgehead atoms. The molecule has 1 aliphatic heterocycles. The Kier molecular flexibility index (Phi) is 5.55. The summed E-state index contributed by atoms with van der Waals surface area (Å²) in [6.07, 6.45) is 0. The van der Waals surface area contributed by atoms with Gasteiger partial charge in [-0.25, -0.2) is 10.4 Å². The molecule has 1 saturated heterocycles. The number of benzene rings is 1. The van der Waals surface area contributed by atoms with Crippen molar-refractivity contribution in [3.63, 3.8) is 0 Å². The lowest BCUT2D eigenvalue weighted by molar-refractivity contribution is -0.141. The number of hydrogen-bond acceptors (Lipinski definition) is 5. The highest BCUT2D eigenvalue weighted by molar-refractivity contribution is 5.75. The van der Waals surface area contributed by atoms with Crippen LogP contribution in [0.5, 0.6) is 5.75 Å². The molecule has 1 atom stereocenters. The first-order valence-corrected chi connectivity index (χ1v) is 7.25. The molecular weight excluding hydrogens is 270 g/mol. The summed E-state index contributed by atoms with van der Waals surface area (Å²) in [6.45, 7) is 5.95. The maximum absolute atomic E-state index is 11.6. The van der Waals surface area contributed by atoms with Crippen LogP contribution < -0.4 is 10.2 Å². The van der Waals surface area contributed by atoms with Gasteiger partial charge >= 0.3 is 5.97 Å². The van der Waals surface area contributed by atoms with Crippen LogP contribution in [0.2, 0.25) is 0 Å². The summed E-state index contributed by atoms with van der Waals surface area (Å²) in [5.74, 6) is -0.191. The van der Waals surface area contributed by atoms with Crippen molar-refractivity contribution in [3.05, 3.63) is 29.8 Å². The van der Waals surface area contributed by atoms with Gasteiger partial charge in [0.15, 0.2) is 0 Å². The number of ether oxygens (including phenoxy) is 1. The maximum atomic E-state index is 11.6. The van der Waals surface area contributed by atoms with Crippen molar-refractivity contribution in [2.75, 3.05) is 39.8 Å². The van der Waals surface area contributed by atoms with Gasteiger partial charge in [0, 0.05) is 26.2 Å². The van der Waals surface area contributed by atoms with Crippen molar-refractivity contribution in [2.45, 2.75) is 13.0 Å². The van der Waals surface area contributed by atoms with Crippen molar-refractivity contribution < 1.29 is 14.6 Å². The Bertz CT molecular complexity index is 473. The Morgan fingerprint density at radius 2 is 2.10 bits per heavy atom. The van der Waals surface area contributed by atoms with Crippen LogP contribution in [0, 0.1) is 0 Å². The molecule has 0 radical (unpaired) electrons. The standard InChI is InChI=1S/C15H23N3O3/c1-3-21-13-6-4-5-12(11-13)14(15(19)20)16-18-9-7-17(2)8-10-18/h4-6,11,14,16H,3,7-10H2,1-2H3,(H,19,20). The fourth-order valence-corrected chi connectivity index (χ4v) is 2.34. The Labute approximate surface area is 125 Å². The van der Waals surface area contributed by atoms with Gasteiger partial charge < -0.3 is 14.7 Å². The van der Waals surface area contributed by atoms with E-state index in [-0.39, 0.29) is 0 Å². The molecule has 1 aromatic carbocycles. The van der Waals surface area contributed by atoms with E-state index in [0.717, 1.165) is 26.2 Å². The van der Waals surface area contributed by atoms with Gasteiger partial charge in [-0.1, -0.05) is 12.1 Å². The summed E-state index contributed by atoms with van der Waals surface area (Å²) in [6, 6.07) is 6.49. The number of carbonyl (C=O) groups is 1. The smallest absolute Gasteiger partial charge is 0.326 e. The molecule has 21 heavy (non-hydrogen) atoms. The number of hydrazine groups is 1. The highest BCUT2D eigenvalue weighted by Crippen LogP contribution is 2.20. The Hall–Kier alpha value is -1.63. The van der Waals surface area contributed by atoms with Crippen LogP contribution in [-0.2, 0) is 4.79 Å². The number of nitrogens with zero attached hydrogens (tertiary/aromatic N) is 2. The second kappa shape index (κ2) is 7.40. The molecule has 2 N–H and O–H groups in total. The van der Waals surface area contributed by atoms with E-state index in [9.17, 15) is 9.90 Å². The fourth-order valence-electron chi connectivity index (χ4n) is 2.34. The van der Waals surface area contributed by atoms with Crippen LogP contribution in [0.1, 0.15) is 18.5 Å². The zero-order chi connectivity index (χ0) is 15.2. The highest BCUT2D eigenvalue weighted by Gasteiger charge is 2.24. The van der Waals surface area contributed by atoms with Crippen LogP contribution in [0.25, 0.3) is 0 Å². The summed E-state index contributed by atoms with van der Waals surface area (Å²) >= 11 is 0. The minimum atomic E-state index is -0.887. The van der Waals surface area contributed by atoms with Gasteiger partial charge in [0.1, 0.15) is 11.8 Å². The second-order valence-corrected chi connectivity index (χ2v) is 5.20. The lowest BCUT2D eigenvalue weighted by atomic mass is 10.1. The molecule has 2 rings (SSSR count). The Balaban J connectivity index is 2.08. The van der Waals surface area contributed by atoms with Crippen molar-refractivity contribution in [2.24, 2.45) is 0 Å². The van der Waals surface area contributed by atoms with Gasteiger partial charge in [-0.3, -0.25) is 4.79 Å². The number of carboxylic acids is 1. The normalized spacial score (nSPS) is 18.4. The first kappa shape index (κ1) is 15.8. The number of rotatable bonds is 6. The molecule has 0 spiro atoms.